The first-order valence-corrected chi connectivity index (χ1v) is 7.85. The molecule has 2 rings (SSSR count). The van der Waals surface area contributed by atoms with Gasteiger partial charge in [0.05, 0.1) is 4.92 Å². The number of aryl methyl sites for hydroxylation is 2. The molecule has 0 aromatic heterocycles. The minimum Gasteiger partial charge on any atom is -0.483 e. The number of rotatable bonds is 5. The topological polar surface area (TPSA) is 52.4 Å². The Morgan fingerprint density at radius 3 is 2.48 bits per heavy atom. The number of alkyl halides is 1. The molecule has 0 spiro atoms. The van der Waals surface area contributed by atoms with Crippen LogP contribution in [-0.2, 0) is 0 Å². The lowest BCUT2D eigenvalue weighted by molar-refractivity contribution is -0.386. The van der Waals surface area contributed by atoms with Crippen molar-refractivity contribution >= 4 is 17.3 Å². The summed E-state index contributed by atoms with van der Waals surface area (Å²) in [4.78, 5) is 10.9. The first kappa shape index (κ1) is 16.1. The van der Waals surface area contributed by atoms with Crippen molar-refractivity contribution in [3.05, 3.63) is 33.4 Å². The fourth-order valence-electron chi connectivity index (χ4n) is 3.38. The quantitative estimate of drug-likeness (QED) is 0.447. The average Bonchev–Trinajstić information content (AvgIpc) is 2.41. The van der Waals surface area contributed by atoms with Crippen molar-refractivity contribution in [2.45, 2.75) is 58.4 Å². The Hall–Kier alpha value is -1.29. The molecule has 5 heteroatoms. The van der Waals surface area contributed by atoms with Crippen LogP contribution in [0.3, 0.4) is 0 Å². The van der Waals surface area contributed by atoms with Gasteiger partial charge in [-0.1, -0.05) is 19.9 Å². The molecule has 4 nitrogen and oxygen atoms in total. The van der Waals surface area contributed by atoms with Crippen molar-refractivity contribution in [3.63, 3.8) is 0 Å². The van der Waals surface area contributed by atoms with Crippen molar-refractivity contribution in [2.75, 3.05) is 0 Å². The maximum atomic E-state index is 11.3. The Morgan fingerprint density at radius 2 is 2.00 bits per heavy atom. The number of halogens is 1. The van der Waals surface area contributed by atoms with Crippen LogP contribution in [0, 0.1) is 29.4 Å². The summed E-state index contributed by atoms with van der Waals surface area (Å²) in [7, 11) is 0. The van der Waals surface area contributed by atoms with Crippen LogP contribution in [0.15, 0.2) is 12.1 Å². The second kappa shape index (κ2) is 5.84. The molecule has 1 aromatic rings. The predicted octanol–water partition coefficient (Wildman–Crippen LogP) is 4.78. The highest BCUT2D eigenvalue weighted by Crippen LogP contribution is 2.52. The first-order valence-electron chi connectivity index (χ1n) is 7.42. The van der Waals surface area contributed by atoms with Crippen molar-refractivity contribution in [3.8, 4) is 5.75 Å². The molecule has 2 atom stereocenters. The van der Waals surface area contributed by atoms with E-state index < -0.39 is 0 Å². The standard InChI is InChI=1S/C16H22ClNO3/c1-5-16(6-2)13(17)9-14(16)21-15-11(4)7-10(3)8-12(15)18(19)20/h7-8,13-14H,5-6,9H2,1-4H3. The largest absolute Gasteiger partial charge is 0.483 e. The van der Waals surface area contributed by atoms with Crippen molar-refractivity contribution in [1.29, 1.82) is 0 Å². The van der Waals surface area contributed by atoms with Gasteiger partial charge in [0.1, 0.15) is 6.10 Å². The normalized spacial score (nSPS) is 23.5. The minimum atomic E-state index is -0.369. The van der Waals surface area contributed by atoms with Crippen molar-refractivity contribution in [1.82, 2.24) is 0 Å². The lowest BCUT2D eigenvalue weighted by Gasteiger charge is -2.52. The van der Waals surface area contributed by atoms with E-state index in [1.807, 2.05) is 19.9 Å². The number of hydrogen-bond donors (Lipinski definition) is 0. The highest BCUT2D eigenvalue weighted by atomic mass is 35.5. The third kappa shape index (κ3) is 2.61. The summed E-state index contributed by atoms with van der Waals surface area (Å²) in [5.74, 6) is 0.394. The molecule has 0 saturated heterocycles. The summed E-state index contributed by atoms with van der Waals surface area (Å²) in [6.45, 7) is 7.91. The fraction of sp³-hybridized carbons (Fsp3) is 0.625. The summed E-state index contributed by atoms with van der Waals surface area (Å²) >= 11 is 6.39. The Morgan fingerprint density at radius 1 is 1.38 bits per heavy atom. The van der Waals surface area contributed by atoms with Crippen LogP contribution in [0.2, 0.25) is 0 Å². The monoisotopic (exact) mass is 311 g/mol. The van der Waals surface area contributed by atoms with Gasteiger partial charge in [-0.25, -0.2) is 0 Å². The molecule has 1 aliphatic rings. The van der Waals surface area contributed by atoms with Crippen molar-refractivity contribution in [2.24, 2.45) is 5.41 Å². The third-order valence-corrected chi connectivity index (χ3v) is 5.47. The Kier molecular flexibility index (Phi) is 4.47. The zero-order valence-electron chi connectivity index (χ0n) is 13.0. The maximum absolute atomic E-state index is 11.3. The van der Waals surface area contributed by atoms with Gasteiger partial charge in [0.2, 0.25) is 0 Å². The summed E-state index contributed by atoms with van der Waals surface area (Å²) in [5, 5.41) is 11.4. The minimum absolute atomic E-state index is 0.0462. The van der Waals surface area contributed by atoms with E-state index in [0.717, 1.165) is 30.4 Å². The van der Waals surface area contributed by atoms with Crippen LogP contribution >= 0.6 is 11.6 Å². The zero-order chi connectivity index (χ0) is 15.8. The SMILES string of the molecule is CCC1(CC)C(Cl)CC1Oc1c(C)cc(C)cc1[N+](=O)[O-]. The van der Waals surface area contributed by atoms with Crippen LogP contribution < -0.4 is 4.74 Å². The van der Waals surface area contributed by atoms with Gasteiger partial charge in [0.15, 0.2) is 5.75 Å². The molecular formula is C16H22ClNO3. The molecule has 0 amide bonds. The summed E-state index contributed by atoms with van der Waals surface area (Å²) in [6, 6.07) is 3.48. The van der Waals surface area contributed by atoms with Gasteiger partial charge in [-0.3, -0.25) is 10.1 Å². The molecule has 116 valence electrons. The van der Waals surface area contributed by atoms with Crippen molar-refractivity contribution < 1.29 is 9.66 Å². The Balaban J connectivity index is 2.34. The van der Waals surface area contributed by atoms with E-state index in [4.69, 9.17) is 16.3 Å². The molecule has 1 fully saturated rings. The number of nitrogens with zero attached hydrogens (tertiary/aromatic N) is 1. The van der Waals surface area contributed by atoms with Crippen LogP contribution in [0.1, 0.15) is 44.2 Å². The van der Waals surface area contributed by atoms with Gasteiger partial charge in [0.25, 0.3) is 0 Å². The number of benzene rings is 1. The van der Waals surface area contributed by atoms with Gasteiger partial charge >= 0.3 is 5.69 Å². The number of hydrogen-bond acceptors (Lipinski definition) is 3. The Labute approximate surface area is 130 Å². The van der Waals surface area contributed by atoms with Gasteiger partial charge in [-0.05, 0) is 37.8 Å². The molecule has 1 aliphatic carbocycles. The van der Waals surface area contributed by atoms with E-state index in [-0.39, 0.29) is 27.5 Å². The highest BCUT2D eigenvalue weighted by molar-refractivity contribution is 6.21. The molecule has 1 aromatic carbocycles. The maximum Gasteiger partial charge on any atom is 0.311 e. The molecule has 0 bridgehead atoms. The molecule has 0 heterocycles. The first-order chi connectivity index (χ1) is 9.85. The fourth-order valence-corrected chi connectivity index (χ4v) is 3.99. The summed E-state index contributed by atoms with van der Waals surface area (Å²) in [5.41, 5.74) is 1.65. The van der Waals surface area contributed by atoms with Crippen LogP contribution in [-0.4, -0.2) is 16.4 Å². The number of nitro benzene ring substituents is 1. The Bertz CT molecular complexity index is 555. The van der Waals surface area contributed by atoms with E-state index in [2.05, 4.69) is 13.8 Å². The average molecular weight is 312 g/mol. The second-order valence-electron chi connectivity index (χ2n) is 5.94. The smallest absolute Gasteiger partial charge is 0.311 e. The molecule has 21 heavy (non-hydrogen) atoms. The van der Waals surface area contributed by atoms with Gasteiger partial charge in [-0.2, -0.15) is 0 Å². The van der Waals surface area contributed by atoms with E-state index >= 15 is 0 Å². The van der Waals surface area contributed by atoms with Gasteiger partial charge in [-0.15, -0.1) is 11.6 Å². The highest BCUT2D eigenvalue weighted by Gasteiger charge is 2.54. The summed E-state index contributed by atoms with van der Waals surface area (Å²) in [6.07, 6.45) is 2.53. The van der Waals surface area contributed by atoms with Crippen LogP contribution in [0.25, 0.3) is 0 Å². The van der Waals surface area contributed by atoms with E-state index in [1.54, 1.807) is 6.07 Å². The van der Waals surface area contributed by atoms with Gasteiger partial charge in [0, 0.05) is 23.3 Å². The zero-order valence-corrected chi connectivity index (χ0v) is 13.7. The third-order valence-electron chi connectivity index (χ3n) is 4.86. The molecular weight excluding hydrogens is 290 g/mol. The molecule has 0 aliphatic heterocycles. The van der Waals surface area contributed by atoms with Crippen LogP contribution in [0.5, 0.6) is 5.75 Å². The predicted molar refractivity (Wildman–Crippen MR) is 84.3 cm³/mol. The van der Waals surface area contributed by atoms with E-state index in [9.17, 15) is 10.1 Å². The van der Waals surface area contributed by atoms with Gasteiger partial charge < -0.3 is 4.74 Å². The summed E-state index contributed by atoms with van der Waals surface area (Å²) < 4.78 is 6.07. The van der Waals surface area contributed by atoms with E-state index in [0.29, 0.717) is 5.75 Å². The van der Waals surface area contributed by atoms with E-state index in [1.165, 1.54) is 0 Å². The lowest BCUT2D eigenvalue weighted by Crippen LogP contribution is -2.56. The number of ether oxygens (including phenoxy) is 1. The second-order valence-corrected chi connectivity index (χ2v) is 6.46. The molecule has 1 saturated carbocycles. The molecule has 0 N–H and O–H groups in total. The number of nitro groups is 1. The molecule has 0 radical (unpaired) electrons. The van der Waals surface area contributed by atoms with Crippen LogP contribution in [0.4, 0.5) is 5.69 Å². The molecule has 2 unspecified atom stereocenters. The lowest BCUT2D eigenvalue weighted by atomic mass is 9.62.